The molecule has 0 bridgehead atoms. The Hall–Kier alpha value is -1.88. The molecule has 5 nitrogen and oxygen atoms in total. The molecule has 0 unspecified atom stereocenters. The molecule has 124 valence electrons. The van der Waals surface area contributed by atoms with Crippen LogP contribution in [0.1, 0.15) is 44.2 Å². The van der Waals surface area contributed by atoms with Crippen molar-refractivity contribution in [1.82, 2.24) is 10.2 Å². The van der Waals surface area contributed by atoms with Crippen LogP contribution in [0, 0.1) is 0 Å². The van der Waals surface area contributed by atoms with Crippen molar-refractivity contribution in [3.8, 4) is 0 Å². The van der Waals surface area contributed by atoms with E-state index in [-0.39, 0.29) is 17.9 Å². The van der Waals surface area contributed by atoms with Crippen LogP contribution in [-0.2, 0) is 9.59 Å². The van der Waals surface area contributed by atoms with Crippen LogP contribution in [0.2, 0.25) is 0 Å². The van der Waals surface area contributed by atoms with Gasteiger partial charge in [-0.25, -0.2) is 0 Å². The van der Waals surface area contributed by atoms with Crippen molar-refractivity contribution >= 4 is 17.5 Å². The fraction of sp³-hybridized carbons (Fsp3) is 0.556. The van der Waals surface area contributed by atoms with Crippen molar-refractivity contribution in [1.29, 1.82) is 0 Å². The van der Waals surface area contributed by atoms with Crippen molar-refractivity contribution in [3.63, 3.8) is 0 Å². The van der Waals surface area contributed by atoms with Gasteiger partial charge in [0.15, 0.2) is 0 Å². The summed E-state index contributed by atoms with van der Waals surface area (Å²) in [6.45, 7) is 3.74. The van der Waals surface area contributed by atoms with E-state index in [1.807, 2.05) is 24.1 Å². The molecule has 1 aromatic rings. The maximum absolute atomic E-state index is 11.8. The van der Waals surface area contributed by atoms with Crippen molar-refractivity contribution in [2.24, 2.45) is 0 Å². The summed E-state index contributed by atoms with van der Waals surface area (Å²) in [5.74, 6) is 0.453. The van der Waals surface area contributed by atoms with Crippen LogP contribution in [-0.4, -0.2) is 42.9 Å². The summed E-state index contributed by atoms with van der Waals surface area (Å²) in [6, 6.07) is 8.82. The number of hydrogen-bond donors (Lipinski definition) is 1. The number of likely N-dealkylation sites (tertiary alicyclic amines) is 1. The van der Waals surface area contributed by atoms with Gasteiger partial charge in [0.1, 0.15) is 0 Å². The van der Waals surface area contributed by atoms with E-state index in [0.29, 0.717) is 18.9 Å². The van der Waals surface area contributed by atoms with Gasteiger partial charge in [0.25, 0.3) is 0 Å². The van der Waals surface area contributed by atoms with Crippen LogP contribution >= 0.6 is 0 Å². The zero-order valence-corrected chi connectivity index (χ0v) is 13.9. The van der Waals surface area contributed by atoms with Gasteiger partial charge in [-0.1, -0.05) is 12.1 Å². The monoisotopic (exact) mass is 315 g/mol. The highest BCUT2D eigenvalue weighted by Gasteiger charge is 2.24. The van der Waals surface area contributed by atoms with Crippen LogP contribution in [0.5, 0.6) is 0 Å². The number of amides is 2. The van der Waals surface area contributed by atoms with Gasteiger partial charge < -0.3 is 15.1 Å². The maximum atomic E-state index is 11.8. The summed E-state index contributed by atoms with van der Waals surface area (Å²) in [6.07, 6.45) is 3.13. The molecule has 2 heterocycles. The highest BCUT2D eigenvalue weighted by atomic mass is 16.2. The highest BCUT2D eigenvalue weighted by molar-refractivity contribution is 5.95. The summed E-state index contributed by atoms with van der Waals surface area (Å²) < 4.78 is 0. The highest BCUT2D eigenvalue weighted by Crippen LogP contribution is 2.24. The molecule has 2 aliphatic rings. The Labute approximate surface area is 137 Å². The molecule has 0 aromatic heterocycles. The molecule has 5 heteroatoms. The minimum Gasteiger partial charge on any atom is -0.344 e. The number of nitrogens with zero attached hydrogens (tertiary/aromatic N) is 2. The predicted molar refractivity (Wildman–Crippen MR) is 90.2 cm³/mol. The number of carbonyl (C=O) groups excluding carboxylic acids is 2. The standard InChI is InChI=1S/C18H25N3O2/c1-13(19-15-7-10-17(22)20(2)12-15)14-5-8-16(9-6-14)21-11-3-4-18(21)23/h5-6,8-9,13,15,19H,3-4,7,10-12H2,1-2H3/t13-,15-/m0/s1. The molecular formula is C18H25N3O2. The maximum Gasteiger partial charge on any atom is 0.227 e. The second-order valence-electron chi connectivity index (χ2n) is 6.64. The fourth-order valence-electron chi connectivity index (χ4n) is 3.46. The van der Waals surface area contributed by atoms with Crippen molar-refractivity contribution in [2.75, 3.05) is 25.0 Å². The molecule has 2 saturated heterocycles. The third-order valence-electron chi connectivity index (χ3n) is 4.89. The van der Waals surface area contributed by atoms with Gasteiger partial charge in [0.05, 0.1) is 0 Å². The smallest absolute Gasteiger partial charge is 0.227 e. The molecule has 0 saturated carbocycles. The molecule has 1 aromatic carbocycles. The lowest BCUT2D eigenvalue weighted by Crippen LogP contribution is -2.47. The quantitative estimate of drug-likeness (QED) is 0.925. The number of piperidine rings is 1. The zero-order chi connectivity index (χ0) is 16.4. The van der Waals surface area contributed by atoms with Gasteiger partial charge in [-0.2, -0.15) is 0 Å². The Balaban J connectivity index is 1.60. The van der Waals surface area contributed by atoms with Crippen LogP contribution in [0.25, 0.3) is 0 Å². The van der Waals surface area contributed by atoms with E-state index < -0.39 is 0 Å². The average molecular weight is 315 g/mol. The van der Waals surface area contributed by atoms with E-state index in [1.165, 1.54) is 5.56 Å². The third-order valence-corrected chi connectivity index (χ3v) is 4.89. The lowest BCUT2D eigenvalue weighted by Gasteiger charge is -2.32. The van der Waals surface area contributed by atoms with E-state index in [2.05, 4.69) is 24.4 Å². The molecule has 2 atom stereocenters. The number of likely N-dealkylation sites (N-methyl/N-ethyl adjacent to an activating group) is 1. The van der Waals surface area contributed by atoms with Crippen LogP contribution in [0.15, 0.2) is 24.3 Å². The first kappa shape index (κ1) is 16.0. The fourth-order valence-corrected chi connectivity index (χ4v) is 3.46. The molecule has 2 amide bonds. The zero-order valence-electron chi connectivity index (χ0n) is 13.9. The lowest BCUT2D eigenvalue weighted by molar-refractivity contribution is -0.132. The van der Waals surface area contributed by atoms with Crippen LogP contribution < -0.4 is 10.2 Å². The Morgan fingerprint density at radius 1 is 1.13 bits per heavy atom. The second-order valence-corrected chi connectivity index (χ2v) is 6.64. The largest absolute Gasteiger partial charge is 0.344 e. The van der Waals surface area contributed by atoms with Gasteiger partial charge in [0, 0.05) is 50.7 Å². The number of anilines is 1. The third kappa shape index (κ3) is 3.55. The molecule has 0 radical (unpaired) electrons. The molecular weight excluding hydrogens is 290 g/mol. The Morgan fingerprint density at radius 3 is 2.48 bits per heavy atom. The minimum atomic E-state index is 0.221. The second kappa shape index (κ2) is 6.71. The summed E-state index contributed by atoms with van der Waals surface area (Å²) >= 11 is 0. The SMILES string of the molecule is C[C@H](N[C@H]1CCC(=O)N(C)C1)c1ccc(N2CCCC2=O)cc1. The van der Waals surface area contributed by atoms with Gasteiger partial charge in [-0.15, -0.1) is 0 Å². The van der Waals surface area contributed by atoms with Crippen molar-refractivity contribution < 1.29 is 9.59 Å². The van der Waals surface area contributed by atoms with Crippen LogP contribution in [0.4, 0.5) is 5.69 Å². The molecule has 1 N–H and O–H groups in total. The van der Waals surface area contributed by atoms with Gasteiger partial charge in [-0.3, -0.25) is 9.59 Å². The van der Waals surface area contributed by atoms with E-state index in [4.69, 9.17) is 0 Å². The van der Waals surface area contributed by atoms with E-state index in [0.717, 1.165) is 31.6 Å². The topological polar surface area (TPSA) is 52.7 Å². The number of hydrogen-bond acceptors (Lipinski definition) is 3. The van der Waals surface area contributed by atoms with Gasteiger partial charge in [0.2, 0.25) is 11.8 Å². The van der Waals surface area contributed by atoms with E-state index >= 15 is 0 Å². The predicted octanol–water partition coefficient (Wildman–Crippen LogP) is 2.08. The first-order valence-electron chi connectivity index (χ1n) is 8.45. The average Bonchev–Trinajstić information content (AvgIpc) is 2.97. The van der Waals surface area contributed by atoms with E-state index in [9.17, 15) is 9.59 Å². The first-order valence-corrected chi connectivity index (χ1v) is 8.45. The van der Waals surface area contributed by atoms with Crippen LogP contribution in [0.3, 0.4) is 0 Å². The first-order chi connectivity index (χ1) is 11.0. The van der Waals surface area contributed by atoms with Crippen molar-refractivity contribution in [2.45, 2.75) is 44.7 Å². The Kier molecular flexibility index (Phi) is 4.66. The Morgan fingerprint density at radius 2 is 1.87 bits per heavy atom. The van der Waals surface area contributed by atoms with Gasteiger partial charge in [-0.05, 0) is 37.5 Å². The minimum absolute atomic E-state index is 0.221. The molecule has 2 aliphatic heterocycles. The number of benzene rings is 1. The summed E-state index contributed by atoms with van der Waals surface area (Å²) in [5.41, 5.74) is 2.20. The summed E-state index contributed by atoms with van der Waals surface area (Å²) in [7, 11) is 1.86. The van der Waals surface area contributed by atoms with E-state index in [1.54, 1.807) is 4.90 Å². The number of carbonyl (C=O) groups is 2. The lowest BCUT2D eigenvalue weighted by atomic mass is 10.0. The molecule has 3 rings (SSSR count). The molecule has 0 spiro atoms. The Bertz CT molecular complexity index is 584. The molecule has 2 fully saturated rings. The number of nitrogens with one attached hydrogen (secondary N) is 1. The number of rotatable bonds is 4. The van der Waals surface area contributed by atoms with Crippen molar-refractivity contribution in [3.05, 3.63) is 29.8 Å². The summed E-state index contributed by atoms with van der Waals surface area (Å²) in [4.78, 5) is 27.0. The molecule has 0 aliphatic carbocycles. The van der Waals surface area contributed by atoms with Gasteiger partial charge >= 0.3 is 0 Å². The summed E-state index contributed by atoms with van der Waals surface area (Å²) in [5, 5.41) is 3.61. The molecule has 23 heavy (non-hydrogen) atoms. The normalized spacial score (nSPS) is 23.5.